The molecule has 2 N–H and O–H groups in total. The Hall–Kier alpha value is -1.62. The summed E-state index contributed by atoms with van der Waals surface area (Å²) in [7, 11) is 0. The molecule has 1 amide bonds. The number of hydrogen-bond donors (Lipinski definition) is 2. The summed E-state index contributed by atoms with van der Waals surface area (Å²) < 4.78 is 5.26. The second kappa shape index (κ2) is 4.71. The number of nitrogens with one attached hydrogen (secondary N) is 2. The number of carbonyl (C=O) groups is 1. The van der Waals surface area contributed by atoms with Gasteiger partial charge in [-0.1, -0.05) is 6.07 Å². The van der Waals surface area contributed by atoms with Crippen molar-refractivity contribution in [1.29, 1.82) is 0 Å². The van der Waals surface area contributed by atoms with E-state index >= 15 is 0 Å². The first-order valence-electron chi connectivity index (χ1n) is 5.69. The average molecular weight is 236 g/mol. The number of hydrogen-bond acceptors (Lipinski definition) is 3. The number of rotatable bonds is 2. The van der Waals surface area contributed by atoms with Gasteiger partial charge < -0.3 is 15.0 Å². The van der Waals surface area contributed by atoms with E-state index in [-0.39, 0.29) is 17.0 Å². The number of pyridine rings is 1. The second-order valence-corrected chi connectivity index (χ2v) is 4.56. The van der Waals surface area contributed by atoms with E-state index in [2.05, 4.69) is 10.3 Å². The maximum Gasteiger partial charge on any atom is 0.268 e. The van der Waals surface area contributed by atoms with Crippen LogP contribution >= 0.6 is 0 Å². The van der Waals surface area contributed by atoms with Gasteiger partial charge in [-0.25, -0.2) is 0 Å². The summed E-state index contributed by atoms with van der Waals surface area (Å²) in [5.41, 5.74) is -0.220. The normalized spacial score (nSPS) is 18.6. The van der Waals surface area contributed by atoms with Crippen LogP contribution in [-0.2, 0) is 4.74 Å². The van der Waals surface area contributed by atoms with E-state index in [1.165, 1.54) is 6.07 Å². The third kappa shape index (κ3) is 2.94. The van der Waals surface area contributed by atoms with Crippen molar-refractivity contribution in [3.63, 3.8) is 0 Å². The topological polar surface area (TPSA) is 71.2 Å². The van der Waals surface area contributed by atoms with Gasteiger partial charge in [-0.3, -0.25) is 9.59 Å². The monoisotopic (exact) mass is 236 g/mol. The van der Waals surface area contributed by atoms with Crippen molar-refractivity contribution in [2.75, 3.05) is 13.2 Å². The Balaban J connectivity index is 2.08. The Kier molecular flexibility index (Phi) is 3.28. The quantitative estimate of drug-likeness (QED) is 0.793. The lowest BCUT2D eigenvalue weighted by atomic mass is 9.92. The first-order valence-corrected chi connectivity index (χ1v) is 5.69. The average Bonchev–Trinajstić information content (AvgIpc) is 2.29. The largest absolute Gasteiger partial charge is 0.381 e. The summed E-state index contributed by atoms with van der Waals surface area (Å²) in [5, 5.41) is 2.95. The zero-order chi connectivity index (χ0) is 12.3. The molecule has 1 saturated heterocycles. The molecule has 0 unspecified atom stereocenters. The van der Waals surface area contributed by atoms with Crippen LogP contribution in [0.25, 0.3) is 0 Å². The SMILES string of the molecule is CC1(NC(=O)c2cccc(=O)[nH]2)CCOCC1. The zero-order valence-corrected chi connectivity index (χ0v) is 9.79. The lowest BCUT2D eigenvalue weighted by Crippen LogP contribution is -2.49. The van der Waals surface area contributed by atoms with Gasteiger partial charge in [0.1, 0.15) is 5.69 Å². The standard InChI is InChI=1S/C12H16N2O3/c1-12(5-7-17-8-6-12)14-11(16)9-3-2-4-10(15)13-9/h2-4H,5-8H2,1H3,(H,13,15)(H,14,16). The number of H-pyrrole nitrogens is 1. The van der Waals surface area contributed by atoms with Gasteiger partial charge in [0.05, 0.1) is 0 Å². The highest BCUT2D eigenvalue weighted by Gasteiger charge is 2.29. The van der Waals surface area contributed by atoms with Gasteiger partial charge in [-0.2, -0.15) is 0 Å². The number of ether oxygens (including phenoxy) is 1. The summed E-state index contributed by atoms with van der Waals surface area (Å²) in [4.78, 5) is 25.6. The molecule has 5 heteroatoms. The molecular weight excluding hydrogens is 220 g/mol. The summed E-state index contributed by atoms with van der Waals surface area (Å²) in [6.45, 7) is 3.30. The van der Waals surface area contributed by atoms with Crippen LogP contribution < -0.4 is 10.9 Å². The summed E-state index contributed by atoms with van der Waals surface area (Å²) in [6.07, 6.45) is 1.58. The Bertz CT molecular complexity index is 461. The van der Waals surface area contributed by atoms with E-state index in [4.69, 9.17) is 4.74 Å². The smallest absolute Gasteiger partial charge is 0.268 e. The predicted octanol–water partition coefficient (Wildman–Crippen LogP) is 0.674. The number of aromatic amines is 1. The fourth-order valence-electron chi connectivity index (χ4n) is 1.87. The molecule has 0 aliphatic carbocycles. The highest BCUT2D eigenvalue weighted by molar-refractivity contribution is 5.92. The van der Waals surface area contributed by atoms with Crippen LogP contribution in [0.4, 0.5) is 0 Å². The summed E-state index contributed by atoms with van der Waals surface area (Å²) in [5.74, 6) is -0.243. The minimum Gasteiger partial charge on any atom is -0.381 e. The van der Waals surface area contributed by atoms with E-state index in [1.807, 2.05) is 6.92 Å². The molecule has 17 heavy (non-hydrogen) atoms. The predicted molar refractivity (Wildman–Crippen MR) is 63.0 cm³/mol. The fraction of sp³-hybridized carbons (Fsp3) is 0.500. The first kappa shape index (κ1) is 11.9. The first-order chi connectivity index (χ1) is 8.09. The van der Waals surface area contributed by atoms with Crippen molar-refractivity contribution < 1.29 is 9.53 Å². The molecule has 1 aromatic heterocycles. The van der Waals surface area contributed by atoms with Gasteiger partial charge in [-0.15, -0.1) is 0 Å². The molecule has 5 nitrogen and oxygen atoms in total. The number of aromatic nitrogens is 1. The molecule has 92 valence electrons. The molecule has 2 heterocycles. The molecular formula is C12H16N2O3. The lowest BCUT2D eigenvalue weighted by molar-refractivity contribution is 0.0421. The Morgan fingerprint density at radius 3 is 2.76 bits per heavy atom. The molecule has 0 radical (unpaired) electrons. The van der Waals surface area contributed by atoms with Crippen LogP contribution in [0.5, 0.6) is 0 Å². The van der Waals surface area contributed by atoms with Crippen LogP contribution in [0.15, 0.2) is 23.0 Å². The fourth-order valence-corrected chi connectivity index (χ4v) is 1.87. The minimum absolute atomic E-state index is 0.243. The maximum absolute atomic E-state index is 11.9. The Morgan fingerprint density at radius 1 is 1.41 bits per heavy atom. The molecule has 1 fully saturated rings. The van der Waals surface area contributed by atoms with E-state index < -0.39 is 0 Å². The number of carbonyl (C=O) groups excluding carboxylic acids is 1. The molecule has 0 saturated carbocycles. The highest BCUT2D eigenvalue weighted by Crippen LogP contribution is 2.19. The lowest BCUT2D eigenvalue weighted by Gasteiger charge is -2.34. The molecule has 0 atom stereocenters. The van der Waals surface area contributed by atoms with Crippen molar-refractivity contribution in [1.82, 2.24) is 10.3 Å². The van der Waals surface area contributed by atoms with Crippen molar-refractivity contribution in [3.8, 4) is 0 Å². The Morgan fingerprint density at radius 2 is 2.12 bits per heavy atom. The zero-order valence-electron chi connectivity index (χ0n) is 9.79. The second-order valence-electron chi connectivity index (χ2n) is 4.56. The third-order valence-electron chi connectivity index (χ3n) is 3.02. The van der Waals surface area contributed by atoms with Gasteiger partial charge >= 0.3 is 0 Å². The Labute approximate surface area is 99.2 Å². The molecule has 1 aliphatic rings. The van der Waals surface area contributed by atoms with E-state index in [9.17, 15) is 9.59 Å². The van der Waals surface area contributed by atoms with E-state index in [0.717, 1.165) is 12.8 Å². The van der Waals surface area contributed by atoms with Gasteiger partial charge in [0.25, 0.3) is 5.91 Å². The minimum atomic E-state index is -0.269. The van der Waals surface area contributed by atoms with Crippen LogP contribution in [0, 0.1) is 0 Å². The van der Waals surface area contributed by atoms with E-state index in [1.54, 1.807) is 12.1 Å². The van der Waals surface area contributed by atoms with Gasteiger partial charge in [0.15, 0.2) is 0 Å². The molecule has 0 spiro atoms. The number of amides is 1. The highest BCUT2D eigenvalue weighted by atomic mass is 16.5. The van der Waals surface area contributed by atoms with Crippen LogP contribution in [0.3, 0.4) is 0 Å². The van der Waals surface area contributed by atoms with Crippen molar-refractivity contribution in [3.05, 3.63) is 34.2 Å². The van der Waals surface area contributed by atoms with Crippen molar-refractivity contribution in [2.45, 2.75) is 25.3 Å². The van der Waals surface area contributed by atoms with E-state index in [0.29, 0.717) is 18.9 Å². The molecule has 1 aliphatic heterocycles. The molecule has 1 aromatic rings. The van der Waals surface area contributed by atoms with Crippen LogP contribution in [0.1, 0.15) is 30.3 Å². The third-order valence-corrected chi connectivity index (χ3v) is 3.02. The van der Waals surface area contributed by atoms with Crippen LogP contribution in [-0.4, -0.2) is 29.6 Å². The molecule has 2 rings (SSSR count). The summed E-state index contributed by atoms with van der Waals surface area (Å²) >= 11 is 0. The molecule has 0 bridgehead atoms. The van der Waals surface area contributed by atoms with Gasteiger partial charge in [0.2, 0.25) is 5.56 Å². The molecule has 0 aromatic carbocycles. The summed E-state index contributed by atoms with van der Waals surface area (Å²) in [6, 6.07) is 4.55. The maximum atomic E-state index is 11.9. The van der Waals surface area contributed by atoms with Crippen LogP contribution in [0.2, 0.25) is 0 Å². The van der Waals surface area contributed by atoms with Crippen molar-refractivity contribution in [2.24, 2.45) is 0 Å². The van der Waals surface area contributed by atoms with Gasteiger partial charge in [0, 0.05) is 24.8 Å². The van der Waals surface area contributed by atoms with Gasteiger partial charge in [-0.05, 0) is 25.8 Å². The van der Waals surface area contributed by atoms with Crippen molar-refractivity contribution >= 4 is 5.91 Å².